The number of hydrogen-bond donors (Lipinski definition) is 1. The number of amides is 2. The Morgan fingerprint density at radius 1 is 1.06 bits per heavy atom. The highest BCUT2D eigenvalue weighted by Crippen LogP contribution is 2.36. The van der Waals surface area contributed by atoms with E-state index in [1.165, 1.54) is 11.1 Å². The number of rotatable bonds is 5. The molecule has 6 heteroatoms. The van der Waals surface area contributed by atoms with Crippen LogP contribution in [0, 0.1) is 0 Å². The van der Waals surface area contributed by atoms with Crippen LogP contribution in [0.1, 0.15) is 35.6 Å². The van der Waals surface area contributed by atoms with Gasteiger partial charge in [0.2, 0.25) is 0 Å². The van der Waals surface area contributed by atoms with E-state index < -0.39 is 0 Å². The van der Waals surface area contributed by atoms with Gasteiger partial charge in [0, 0.05) is 12.2 Å². The molecule has 0 saturated heterocycles. The normalized spacial score (nSPS) is 15.1. The van der Waals surface area contributed by atoms with Crippen LogP contribution in [0.4, 0.5) is 10.5 Å². The van der Waals surface area contributed by atoms with Crippen LogP contribution in [0.3, 0.4) is 0 Å². The average molecular weight is 455 g/mol. The summed E-state index contributed by atoms with van der Waals surface area (Å²) in [6.07, 6.45) is 2.98. The molecule has 1 atom stereocenters. The number of benzene rings is 3. The maximum absolute atomic E-state index is 13.5. The molecule has 0 heterocycles. The minimum absolute atomic E-state index is 0.0161. The van der Waals surface area contributed by atoms with Crippen LogP contribution < -0.4 is 10.1 Å². The summed E-state index contributed by atoms with van der Waals surface area (Å²) in [6.45, 7) is 0.428. The van der Waals surface area contributed by atoms with E-state index in [-0.39, 0.29) is 12.1 Å². The van der Waals surface area contributed by atoms with E-state index in [1.807, 2.05) is 47.4 Å². The van der Waals surface area contributed by atoms with E-state index >= 15 is 0 Å². The largest absolute Gasteiger partial charge is 0.497 e. The number of carbonyl (C=O) groups is 1. The Bertz CT molecular complexity index is 1070. The van der Waals surface area contributed by atoms with Gasteiger partial charge in [0.1, 0.15) is 5.75 Å². The van der Waals surface area contributed by atoms with Crippen molar-refractivity contribution in [1.29, 1.82) is 0 Å². The highest BCUT2D eigenvalue weighted by Gasteiger charge is 2.29. The monoisotopic (exact) mass is 454 g/mol. The molecule has 0 aliphatic heterocycles. The molecule has 0 aromatic heterocycles. The van der Waals surface area contributed by atoms with Crippen molar-refractivity contribution in [1.82, 2.24) is 4.90 Å². The van der Waals surface area contributed by atoms with Gasteiger partial charge in [-0.25, -0.2) is 4.79 Å². The molecule has 3 aromatic carbocycles. The van der Waals surface area contributed by atoms with Crippen molar-refractivity contribution in [3.63, 3.8) is 0 Å². The van der Waals surface area contributed by atoms with Crippen molar-refractivity contribution in [3.05, 3.63) is 93.5 Å². The Balaban J connectivity index is 1.64. The van der Waals surface area contributed by atoms with Gasteiger partial charge >= 0.3 is 6.03 Å². The fourth-order valence-electron chi connectivity index (χ4n) is 4.08. The van der Waals surface area contributed by atoms with Gasteiger partial charge in [-0.2, -0.15) is 0 Å². The van der Waals surface area contributed by atoms with Crippen molar-refractivity contribution in [3.8, 4) is 5.75 Å². The van der Waals surface area contributed by atoms with Crippen LogP contribution in [0.5, 0.6) is 5.75 Å². The first-order valence-electron chi connectivity index (χ1n) is 10.3. The van der Waals surface area contributed by atoms with Gasteiger partial charge in [0.15, 0.2) is 0 Å². The third-order valence-electron chi connectivity index (χ3n) is 5.65. The quantitative estimate of drug-likeness (QED) is 0.445. The maximum Gasteiger partial charge on any atom is 0.322 e. The summed E-state index contributed by atoms with van der Waals surface area (Å²) in [5.41, 5.74) is 4.16. The Kier molecular flexibility index (Phi) is 6.69. The summed E-state index contributed by atoms with van der Waals surface area (Å²) in [4.78, 5) is 15.3. The average Bonchev–Trinajstić information content (AvgIpc) is 2.80. The second-order valence-electron chi connectivity index (χ2n) is 7.64. The van der Waals surface area contributed by atoms with Gasteiger partial charge in [-0.05, 0) is 72.4 Å². The molecule has 4 nitrogen and oxygen atoms in total. The van der Waals surface area contributed by atoms with Crippen molar-refractivity contribution >= 4 is 34.9 Å². The van der Waals surface area contributed by atoms with Gasteiger partial charge in [-0.15, -0.1) is 0 Å². The summed E-state index contributed by atoms with van der Waals surface area (Å²) < 4.78 is 5.21. The number of hydrogen-bond acceptors (Lipinski definition) is 2. The van der Waals surface area contributed by atoms with Crippen molar-refractivity contribution in [2.24, 2.45) is 0 Å². The molecule has 1 N–H and O–H groups in total. The molecule has 31 heavy (non-hydrogen) atoms. The number of methoxy groups -OCH3 is 1. The van der Waals surface area contributed by atoms with Gasteiger partial charge in [-0.1, -0.05) is 53.5 Å². The van der Waals surface area contributed by atoms with E-state index in [0.29, 0.717) is 22.3 Å². The number of halogens is 2. The number of anilines is 1. The van der Waals surface area contributed by atoms with Crippen LogP contribution in [0.2, 0.25) is 10.0 Å². The minimum Gasteiger partial charge on any atom is -0.497 e. The van der Waals surface area contributed by atoms with Gasteiger partial charge in [0.25, 0.3) is 0 Å². The Hall–Kier alpha value is -2.69. The third kappa shape index (κ3) is 4.97. The van der Waals surface area contributed by atoms with E-state index in [2.05, 4.69) is 23.5 Å². The summed E-state index contributed by atoms with van der Waals surface area (Å²) in [6, 6.07) is 21.0. The molecule has 0 spiro atoms. The molecule has 0 saturated carbocycles. The number of urea groups is 1. The first kappa shape index (κ1) is 21.5. The predicted octanol–water partition coefficient (Wildman–Crippen LogP) is 7.11. The molecule has 2 amide bonds. The molecule has 1 aliphatic carbocycles. The second kappa shape index (κ2) is 9.63. The molecular weight excluding hydrogens is 431 g/mol. The van der Waals surface area contributed by atoms with Crippen LogP contribution in [-0.4, -0.2) is 18.0 Å². The smallest absolute Gasteiger partial charge is 0.322 e. The lowest BCUT2D eigenvalue weighted by Gasteiger charge is -2.36. The molecule has 0 fully saturated rings. The Labute approximate surface area is 192 Å². The Morgan fingerprint density at radius 2 is 1.84 bits per heavy atom. The standard InChI is InChI=1S/C25H24Cl2N2O2/c1-31-20-12-10-19(11-13-20)28-25(30)29(16-17-9-14-22(26)23(27)15-17)24-8-4-6-18-5-2-3-7-21(18)24/h2-3,5,7,9-15,24H,4,6,8,16H2,1H3,(H,28,30). The van der Waals surface area contributed by atoms with E-state index in [0.717, 1.165) is 30.6 Å². The Morgan fingerprint density at radius 3 is 2.58 bits per heavy atom. The predicted molar refractivity (Wildman–Crippen MR) is 126 cm³/mol. The zero-order valence-electron chi connectivity index (χ0n) is 17.3. The lowest BCUT2D eigenvalue weighted by Crippen LogP contribution is -2.39. The summed E-state index contributed by atoms with van der Waals surface area (Å²) in [5, 5.41) is 4.03. The molecule has 0 bridgehead atoms. The van der Waals surface area contributed by atoms with Gasteiger partial charge in [0.05, 0.1) is 23.2 Å². The first-order valence-corrected chi connectivity index (χ1v) is 11.0. The number of nitrogens with one attached hydrogen (secondary N) is 1. The molecule has 1 unspecified atom stereocenters. The number of fused-ring (bicyclic) bond motifs is 1. The highest BCUT2D eigenvalue weighted by molar-refractivity contribution is 6.42. The molecule has 1 aliphatic rings. The van der Waals surface area contributed by atoms with E-state index in [4.69, 9.17) is 27.9 Å². The first-order chi connectivity index (χ1) is 15.0. The molecule has 3 aromatic rings. The van der Waals surface area contributed by atoms with Crippen LogP contribution in [0.15, 0.2) is 66.7 Å². The van der Waals surface area contributed by atoms with Gasteiger partial charge in [-0.3, -0.25) is 0 Å². The lowest BCUT2D eigenvalue weighted by atomic mass is 9.86. The number of nitrogens with zero attached hydrogens (tertiary/aromatic N) is 1. The fraction of sp³-hybridized carbons (Fsp3) is 0.240. The van der Waals surface area contributed by atoms with Crippen molar-refractivity contribution < 1.29 is 9.53 Å². The molecule has 0 radical (unpaired) electrons. The summed E-state index contributed by atoms with van der Waals surface area (Å²) >= 11 is 12.3. The highest BCUT2D eigenvalue weighted by atomic mass is 35.5. The van der Waals surface area contributed by atoms with Gasteiger partial charge < -0.3 is 15.0 Å². The van der Waals surface area contributed by atoms with E-state index in [9.17, 15) is 4.79 Å². The van der Waals surface area contributed by atoms with Crippen molar-refractivity contribution in [2.45, 2.75) is 31.8 Å². The van der Waals surface area contributed by atoms with Crippen LogP contribution in [0.25, 0.3) is 0 Å². The topological polar surface area (TPSA) is 41.6 Å². The second-order valence-corrected chi connectivity index (χ2v) is 8.46. The maximum atomic E-state index is 13.5. The lowest BCUT2D eigenvalue weighted by molar-refractivity contribution is 0.175. The van der Waals surface area contributed by atoms with Crippen molar-refractivity contribution in [2.75, 3.05) is 12.4 Å². The van der Waals surface area contributed by atoms with E-state index in [1.54, 1.807) is 13.2 Å². The molecule has 160 valence electrons. The third-order valence-corrected chi connectivity index (χ3v) is 6.39. The number of ether oxygens (including phenoxy) is 1. The zero-order valence-corrected chi connectivity index (χ0v) is 18.8. The molecular formula is C25H24Cl2N2O2. The summed E-state index contributed by atoms with van der Waals surface area (Å²) in [7, 11) is 1.62. The zero-order chi connectivity index (χ0) is 21.8. The number of carbonyl (C=O) groups excluding carboxylic acids is 1. The number of aryl methyl sites for hydroxylation is 1. The fourth-order valence-corrected chi connectivity index (χ4v) is 4.40. The summed E-state index contributed by atoms with van der Waals surface area (Å²) in [5.74, 6) is 0.742. The van der Waals surface area contributed by atoms with Crippen LogP contribution in [-0.2, 0) is 13.0 Å². The SMILES string of the molecule is COc1ccc(NC(=O)N(Cc2ccc(Cl)c(Cl)c2)C2CCCc3ccccc32)cc1. The molecule has 4 rings (SSSR count). The minimum atomic E-state index is -0.155. The van der Waals surface area contributed by atoms with Crippen LogP contribution >= 0.6 is 23.2 Å².